The van der Waals surface area contributed by atoms with Gasteiger partial charge in [0.05, 0.1) is 26.9 Å². The number of hydrogen-bond acceptors (Lipinski definition) is 4. The maximum atomic E-state index is 5.67. The van der Waals surface area contributed by atoms with E-state index in [-0.39, 0.29) is 30.1 Å². The van der Waals surface area contributed by atoms with Crippen molar-refractivity contribution in [3.05, 3.63) is 53.6 Å². The van der Waals surface area contributed by atoms with Gasteiger partial charge in [-0.3, -0.25) is 4.99 Å². The van der Waals surface area contributed by atoms with Crippen LogP contribution in [0.5, 0.6) is 11.5 Å². The van der Waals surface area contributed by atoms with Gasteiger partial charge in [0, 0.05) is 25.3 Å². The van der Waals surface area contributed by atoms with Crippen LogP contribution in [0, 0.1) is 0 Å². The monoisotopic (exact) mass is 499 g/mol. The number of anilines is 1. The molecule has 154 valence electrons. The second-order valence-electron chi connectivity index (χ2n) is 6.30. The zero-order valence-corrected chi connectivity index (χ0v) is 19.4. The molecule has 2 aromatic rings. The fourth-order valence-corrected chi connectivity index (χ4v) is 2.51. The molecule has 0 aliphatic carbocycles. The first kappa shape index (κ1) is 24.0. The molecule has 6 nitrogen and oxygen atoms in total. The molecule has 0 amide bonds. The van der Waals surface area contributed by atoms with Gasteiger partial charge in [0.25, 0.3) is 0 Å². The van der Waals surface area contributed by atoms with Crippen molar-refractivity contribution < 1.29 is 14.2 Å². The minimum absolute atomic E-state index is 0. The van der Waals surface area contributed by atoms with Gasteiger partial charge in [-0.2, -0.15) is 0 Å². The van der Waals surface area contributed by atoms with E-state index in [0.717, 1.165) is 16.8 Å². The molecule has 0 unspecified atom stereocenters. The number of guanidine groups is 1. The van der Waals surface area contributed by atoms with E-state index in [1.165, 1.54) is 0 Å². The standard InChI is InChI=1S/C21H29N3O3.HI/c1-15(2)27-14-17-8-6-7-16(11-17)13-23-21(22-3)24-18-9-10-19(25-4)20(12-18)26-5;/h6-12,15H,13-14H2,1-5H3,(H2,22,23,24);1H. The molecule has 0 aliphatic heterocycles. The lowest BCUT2D eigenvalue weighted by Crippen LogP contribution is -2.30. The summed E-state index contributed by atoms with van der Waals surface area (Å²) < 4.78 is 16.3. The van der Waals surface area contributed by atoms with Gasteiger partial charge in [-0.1, -0.05) is 24.3 Å². The van der Waals surface area contributed by atoms with Crippen molar-refractivity contribution in [2.45, 2.75) is 33.1 Å². The van der Waals surface area contributed by atoms with Gasteiger partial charge < -0.3 is 24.8 Å². The summed E-state index contributed by atoms with van der Waals surface area (Å²) in [4.78, 5) is 4.28. The summed E-state index contributed by atoms with van der Waals surface area (Å²) in [5, 5.41) is 6.58. The highest BCUT2D eigenvalue weighted by Crippen LogP contribution is 2.29. The lowest BCUT2D eigenvalue weighted by molar-refractivity contribution is 0.0657. The van der Waals surface area contributed by atoms with Crippen molar-refractivity contribution >= 4 is 35.6 Å². The molecular formula is C21H30IN3O3. The summed E-state index contributed by atoms with van der Waals surface area (Å²) in [5.41, 5.74) is 3.18. The average Bonchev–Trinajstić information content (AvgIpc) is 2.69. The van der Waals surface area contributed by atoms with E-state index in [9.17, 15) is 0 Å². The molecule has 0 bridgehead atoms. The smallest absolute Gasteiger partial charge is 0.195 e. The largest absolute Gasteiger partial charge is 0.493 e. The normalized spacial score (nSPS) is 11.0. The van der Waals surface area contributed by atoms with Crippen LogP contribution in [-0.4, -0.2) is 33.3 Å². The molecule has 0 aliphatic rings. The van der Waals surface area contributed by atoms with E-state index < -0.39 is 0 Å². The second-order valence-corrected chi connectivity index (χ2v) is 6.30. The third-order valence-corrected chi connectivity index (χ3v) is 3.90. The number of halogens is 1. The third-order valence-electron chi connectivity index (χ3n) is 3.90. The Bertz CT molecular complexity index is 766. The first-order chi connectivity index (χ1) is 13.0. The van der Waals surface area contributed by atoms with Crippen LogP contribution in [0.2, 0.25) is 0 Å². The van der Waals surface area contributed by atoms with Gasteiger partial charge >= 0.3 is 0 Å². The van der Waals surface area contributed by atoms with Crippen molar-refractivity contribution in [1.82, 2.24) is 5.32 Å². The Kier molecular flexibility index (Phi) is 10.7. The summed E-state index contributed by atoms with van der Waals surface area (Å²) in [7, 11) is 4.97. The molecule has 0 heterocycles. The molecule has 7 heteroatoms. The molecule has 0 radical (unpaired) electrons. The second kappa shape index (κ2) is 12.5. The van der Waals surface area contributed by atoms with Gasteiger partial charge in [-0.15, -0.1) is 24.0 Å². The SMILES string of the molecule is CN=C(NCc1cccc(COC(C)C)c1)Nc1ccc(OC)c(OC)c1.I. The fraction of sp³-hybridized carbons (Fsp3) is 0.381. The van der Waals surface area contributed by atoms with E-state index in [4.69, 9.17) is 14.2 Å². The molecule has 2 rings (SSSR count). The molecule has 2 aromatic carbocycles. The van der Waals surface area contributed by atoms with E-state index in [1.807, 2.05) is 38.1 Å². The van der Waals surface area contributed by atoms with Gasteiger partial charge in [0.2, 0.25) is 0 Å². The number of ether oxygens (including phenoxy) is 3. The van der Waals surface area contributed by atoms with Gasteiger partial charge in [-0.05, 0) is 37.1 Å². The molecule has 0 fully saturated rings. The Labute approximate surface area is 184 Å². The van der Waals surface area contributed by atoms with E-state index in [1.54, 1.807) is 21.3 Å². The predicted molar refractivity (Wildman–Crippen MR) is 125 cm³/mol. The number of nitrogens with zero attached hydrogens (tertiary/aromatic N) is 1. The Morgan fingerprint density at radius 1 is 1.00 bits per heavy atom. The topological polar surface area (TPSA) is 64.1 Å². The number of nitrogens with one attached hydrogen (secondary N) is 2. The Morgan fingerprint density at radius 2 is 1.71 bits per heavy atom. The molecular weight excluding hydrogens is 469 g/mol. The van der Waals surface area contributed by atoms with Crippen molar-refractivity contribution in [3.63, 3.8) is 0 Å². The van der Waals surface area contributed by atoms with Gasteiger partial charge in [0.15, 0.2) is 17.5 Å². The van der Waals surface area contributed by atoms with E-state index >= 15 is 0 Å². The summed E-state index contributed by atoms with van der Waals surface area (Å²) in [6.07, 6.45) is 0.219. The zero-order valence-electron chi connectivity index (χ0n) is 17.1. The first-order valence-corrected chi connectivity index (χ1v) is 8.94. The predicted octanol–water partition coefficient (Wildman–Crippen LogP) is 4.43. The van der Waals surface area contributed by atoms with Crippen LogP contribution in [0.4, 0.5) is 5.69 Å². The molecule has 0 saturated heterocycles. The lowest BCUT2D eigenvalue weighted by atomic mass is 10.1. The van der Waals surface area contributed by atoms with E-state index in [2.05, 4.69) is 33.8 Å². The molecule has 2 N–H and O–H groups in total. The lowest BCUT2D eigenvalue weighted by Gasteiger charge is -2.14. The van der Waals surface area contributed by atoms with Gasteiger partial charge in [-0.25, -0.2) is 0 Å². The highest BCUT2D eigenvalue weighted by Gasteiger charge is 2.06. The zero-order chi connectivity index (χ0) is 19.6. The summed E-state index contributed by atoms with van der Waals surface area (Å²) in [6.45, 7) is 5.34. The third kappa shape index (κ3) is 7.55. The summed E-state index contributed by atoms with van der Waals surface area (Å²) >= 11 is 0. The maximum absolute atomic E-state index is 5.67. The van der Waals surface area contributed by atoms with Crippen LogP contribution in [0.3, 0.4) is 0 Å². The van der Waals surface area contributed by atoms with Crippen LogP contribution in [0.1, 0.15) is 25.0 Å². The molecule has 0 aromatic heterocycles. The summed E-state index contributed by atoms with van der Waals surface area (Å²) in [6, 6.07) is 14.0. The fourth-order valence-electron chi connectivity index (χ4n) is 2.51. The maximum Gasteiger partial charge on any atom is 0.195 e. The minimum Gasteiger partial charge on any atom is -0.493 e. The van der Waals surface area contributed by atoms with Crippen LogP contribution in [0.15, 0.2) is 47.5 Å². The molecule has 0 spiro atoms. The summed E-state index contributed by atoms with van der Waals surface area (Å²) in [5.74, 6) is 2.02. The average molecular weight is 499 g/mol. The van der Waals surface area contributed by atoms with Crippen molar-refractivity contribution in [2.24, 2.45) is 4.99 Å². The molecule has 28 heavy (non-hydrogen) atoms. The number of benzene rings is 2. The van der Waals surface area contributed by atoms with Crippen molar-refractivity contribution in [2.75, 3.05) is 26.6 Å². The molecule has 0 atom stereocenters. The highest BCUT2D eigenvalue weighted by atomic mass is 127. The van der Waals surface area contributed by atoms with Crippen LogP contribution in [-0.2, 0) is 17.9 Å². The van der Waals surface area contributed by atoms with Gasteiger partial charge in [0.1, 0.15) is 0 Å². The Balaban J connectivity index is 0.00000392. The number of hydrogen-bond donors (Lipinski definition) is 2. The quantitative estimate of drug-likeness (QED) is 0.320. The van der Waals surface area contributed by atoms with Crippen LogP contribution >= 0.6 is 24.0 Å². The number of rotatable bonds is 8. The minimum atomic E-state index is 0. The van der Waals surface area contributed by atoms with Crippen LogP contribution < -0.4 is 20.1 Å². The highest BCUT2D eigenvalue weighted by molar-refractivity contribution is 14.0. The number of aliphatic imine (C=N–C) groups is 1. The van der Waals surface area contributed by atoms with E-state index in [0.29, 0.717) is 30.6 Å². The Morgan fingerprint density at radius 3 is 2.36 bits per heavy atom. The van der Waals surface area contributed by atoms with Crippen LogP contribution in [0.25, 0.3) is 0 Å². The number of methoxy groups -OCH3 is 2. The van der Waals surface area contributed by atoms with Crippen molar-refractivity contribution in [3.8, 4) is 11.5 Å². The first-order valence-electron chi connectivity index (χ1n) is 8.94. The van der Waals surface area contributed by atoms with Crippen molar-refractivity contribution in [1.29, 1.82) is 0 Å². The Hall–Kier alpha value is -2.00. The molecule has 0 saturated carbocycles.